The van der Waals surface area contributed by atoms with Gasteiger partial charge in [0.2, 0.25) is 0 Å². The van der Waals surface area contributed by atoms with Crippen LogP contribution in [0.1, 0.15) is 42.1 Å². The Morgan fingerprint density at radius 1 is 1.22 bits per heavy atom. The van der Waals surface area contributed by atoms with Gasteiger partial charge in [-0.25, -0.2) is 4.68 Å². The van der Waals surface area contributed by atoms with Crippen molar-refractivity contribution in [3.8, 4) is 11.5 Å². The van der Waals surface area contributed by atoms with Crippen molar-refractivity contribution >= 4 is 11.7 Å². The molecule has 1 amide bonds. The average molecular weight is 315 g/mol. The lowest BCUT2D eigenvalue weighted by Crippen LogP contribution is -2.18. The monoisotopic (exact) mass is 315 g/mol. The lowest BCUT2D eigenvalue weighted by Gasteiger charge is -2.15. The number of benzene rings is 1. The van der Waals surface area contributed by atoms with Crippen LogP contribution in [0.15, 0.2) is 30.5 Å². The molecular formula is C17H21N3O3. The van der Waals surface area contributed by atoms with Gasteiger partial charge in [0.05, 0.1) is 32.0 Å². The molecule has 1 heterocycles. The summed E-state index contributed by atoms with van der Waals surface area (Å²) in [5.74, 6) is 1.60. The maximum Gasteiger partial charge on any atom is 0.260 e. The highest BCUT2D eigenvalue weighted by atomic mass is 16.5. The fourth-order valence-electron chi connectivity index (χ4n) is 3.03. The number of anilines is 1. The third-order valence-corrected chi connectivity index (χ3v) is 4.23. The zero-order chi connectivity index (χ0) is 16.2. The summed E-state index contributed by atoms with van der Waals surface area (Å²) in [4.78, 5) is 12.6. The van der Waals surface area contributed by atoms with E-state index in [1.54, 1.807) is 38.6 Å². The normalized spacial score (nSPS) is 14.7. The first-order valence-electron chi connectivity index (χ1n) is 7.80. The van der Waals surface area contributed by atoms with Gasteiger partial charge < -0.3 is 14.8 Å². The van der Waals surface area contributed by atoms with Gasteiger partial charge in [-0.15, -0.1) is 0 Å². The van der Waals surface area contributed by atoms with Crippen LogP contribution in [0.5, 0.6) is 11.5 Å². The molecule has 3 rings (SSSR count). The van der Waals surface area contributed by atoms with Crippen molar-refractivity contribution in [3.63, 3.8) is 0 Å². The summed E-state index contributed by atoms with van der Waals surface area (Å²) >= 11 is 0. The molecule has 0 spiro atoms. The maximum atomic E-state index is 12.6. The fourth-order valence-corrected chi connectivity index (χ4v) is 3.03. The second kappa shape index (κ2) is 6.73. The van der Waals surface area contributed by atoms with Gasteiger partial charge >= 0.3 is 0 Å². The number of ether oxygens (including phenoxy) is 2. The summed E-state index contributed by atoms with van der Waals surface area (Å²) in [5.41, 5.74) is 0.436. The molecule has 0 saturated heterocycles. The van der Waals surface area contributed by atoms with Crippen molar-refractivity contribution in [3.05, 3.63) is 36.0 Å². The molecule has 0 unspecified atom stereocenters. The highest BCUT2D eigenvalue weighted by Crippen LogP contribution is 2.31. The second-order valence-corrected chi connectivity index (χ2v) is 5.62. The number of rotatable bonds is 5. The molecule has 6 heteroatoms. The first-order chi connectivity index (χ1) is 11.2. The number of nitrogens with one attached hydrogen (secondary N) is 1. The molecule has 0 atom stereocenters. The lowest BCUT2D eigenvalue weighted by atomic mass is 10.1. The summed E-state index contributed by atoms with van der Waals surface area (Å²) < 4.78 is 12.4. The minimum absolute atomic E-state index is 0.236. The van der Waals surface area contributed by atoms with Crippen molar-refractivity contribution in [2.24, 2.45) is 0 Å². The molecule has 0 bridgehead atoms. The molecule has 1 aliphatic carbocycles. The largest absolute Gasteiger partial charge is 0.497 e. The third-order valence-electron chi connectivity index (χ3n) is 4.23. The first kappa shape index (κ1) is 15.4. The summed E-state index contributed by atoms with van der Waals surface area (Å²) in [6.07, 6.45) is 6.35. The summed E-state index contributed by atoms with van der Waals surface area (Å²) in [6, 6.07) is 7.35. The Balaban J connectivity index is 1.83. The van der Waals surface area contributed by atoms with Crippen LogP contribution >= 0.6 is 0 Å². The fraction of sp³-hybridized carbons (Fsp3) is 0.412. The van der Waals surface area contributed by atoms with Crippen molar-refractivity contribution < 1.29 is 14.3 Å². The van der Waals surface area contributed by atoms with E-state index in [9.17, 15) is 4.79 Å². The number of aromatic nitrogens is 2. The van der Waals surface area contributed by atoms with E-state index in [1.165, 1.54) is 12.8 Å². The molecule has 23 heavy (non-hydrogen) atoms. The molecule has 2 aromatic rings. The van der Waals surface area contributed by atoms with E-state index in [-0.39, 0.29) is 5.91 Å². The minimum Gasteiger partial charge on any atom is -0.497 e. The number of methoxy groups -OCH3 is 2. The SMILES string of the molecule is COc1ccc(OC)c(C(=O)Nc2ccnn2C2CCCC2)c1. The quantitative estimate of drug-likeness (QED) is 0.919. The Labute approximate surface area is 135 Å². The number of carbonyl (C=O) groups is 1. The van der Waals surface area contributed by atoms with Crippen molar-refractivity contribution in [1.29, 1.82) is 0 Å². The molecule has 122 valence electrons. The summed E-state index contributed by atoms with van der Waals surface area (Å²) in [6.45, 7) is 0. The van der Waals surface area contributed by atoms with Gasteiger partial charge in [-0.05, 0) is 31.0 Å². The third kappa shape index (κ3) is 3.16. The number of hydrogen-bond donors (Lipinski definition) is 1. The molecule has 1 N–H and O–H groups in total. The van der Waals surface area contributed by atoms with Gasteiger partial charge in [-0.1, -0.05) is 12.8 Å². The standard InChI is InChI=1S/C17H21N3O3/c1-22-13-7-8-15(23-2)14(11-13)17(21)19-16-9-10-18-20(16)12-5-3-4-6-12/h7-12H,3-6H2,1-2H3,(H,19,21). The Bertz CT molecular complexity index is 690. The van der Waals surface area contributed by atoms with E-state index >= 15 is 0 Å². The van der Waals surface area contributed by atoms with Gasteiger partial charge in [-0.3, -0.25) is 4.79 Å². The van der Waals surface area contributed by atoms with E-state index in [0.717, 1.165) is 12.8 Å². The average Bonchev–Trinajstić information content (AvgIpc) is 3.25. The van der Waals surface area contributed by atoms with Gasteiger partial charge in [-0.2, -0.15) is 5.10 Å². The summed E-state index contributed by atoms with van der Waals surface area (Å²) in [7, 11) is 3.11. The van der Waals surface area contributed by atoms with Crippen molar-refractivity contribution in [1.82, 2.24) is 9.78 Å². The second-order valence-electron chi connectivity index (χ2n) is 5.62. The van der Waals surface area contributed by atoms with Crippen molar-refractivity contribution in [2.75, 3.05) is 19.5 Å². The Morgan fingerprint density at radius 3 is 2.70 bits per heavy atom. The van der Waals surface area contributed by atoms with Gasteiger partial charge in [0, 0.05) is 6.07 Å². The van der Waals surface area contributed by atoms with Crippen LogP contribution in [0.4, 0.5) is 5.82 Å². The van der Waals surface area contributed by atoms with Crippen LogP contribution in [-0.4, -0.2) is 29.9 Å². The van der Waals surface area contributed by atoms with E-state index in [0.29, 0.717) is 28.9 Å². The van der Waals surface area contributed by atoms with Gasteiger partial charge in [0.15, 0.2) is 0 Å². The highest BCUT2D eigenvalue weighted by molar-refractivity contribution is 6.06. The van der Waals surface area contributed by atoms with Crippen LogP contribution in [0.2, 0.25) is 0 Å². The van der Waals surface area contributed by atoms with E-state index in [1.807, 2.05) is 10.7 Å². The molecule has 1 saturated carbocycles. The maximum absolute atomic E-state index is 12.6. The molecule has 0 aliphatic heterocycles. The first-order valence-corrected chi connectivity index (χ1v) is 7.80. The number of amides is 1. The molecule has 1 aromatic carbocycles. The zero-order valence-electron chi connectivity index (χ0n) is 13.4. The van der Waals surface area contributed by atoms with Gasteiger partial charge in [0.1, 0.15) is 17.3 Å². The summed E-state index contributed by atoms with van der Waals surface area (Å²) in [5, 5.41) is 7.30. The molecule has 1 aromatic heterocycles. The predicted octanol–water partition coefficient (Wildman–Crippen LogP) is 3.27. The van der Waals surface area contributed by atoms with Crippen molar-refractivity contribution in [2.45, 2.75) is 31.7 Å². The van der Waals surface area contributed by atoms with E-state index in [4.69, 9.17) is 9.47 Å². The Morgan fingerprint density at radius 2 is 2.00 bits per heavy atom. The molecule has 6 nitrogen and oxygen atoms in total. The zero-order valence-corrected chi connectivity index (χ0v) is 13.4. The van der Waals surface area contributed by atoms with Crippen LogP contribution < -0.4 is 14.8 Å². The lowest BCUT2D eigenvalue weighted by molar-refractivity contribution is 0.102. The smallest absolute Gasteiger partial charge is 0.260 e. The highest BCUT2D eigenvalue weighted by Gasteiger charge is 2.21. The number of carbonyl (C=O) groups excluding carboxylic acids is 1. The minimum atomic E-state index is -0.236. The Hall–Kier alpha value is -2.50. The topological polar surface area (TPSA) is 65.4 Å². The molecule has 1 aliphatic rings. The van der Waals surface area contributed by atoms with E-state index in [2.05, 4.69) is 10.4 Å². The predicted molar refractivity (Wildman–Crippen MR) is 87.2 cm³/mol. The Kier molecular flexibility index (Phi) is 4.50. The number of hydrogen-bond acceptors (Lipinski definition) is 4. The molecular weight excluding hydrogens is 294 g/mol. The van der Waals surface area contributed by atoms with Crippen LogP contribution in [0.3, 0.4) is 0 Å². The number of nitrogens with zero attached hydrogens (tertiary/aromatic N) is 2. The van der Waals surface area contributed by atoms with Gasteiger partial charge in [0.25, 0.3) is 5.91 Å². The van der Waals surface area contributed by atoms with E-state index < -0.39 is 0 Å². The van der Waals surface area contributed by atoms with Crippen LogP contribution in [0.25, 0.3) is 0 Å². The molecule has 0 radical (unpaired) electrons. The molecule has 1 fully saturated rings. The van der Waals surface area contributed by atoms with Crippen LogP contribution in [0, 0.1) is 0 Å². The van der Waals surface area contributed by atoms with Crippen LogP contribution in [-0.2, 0) is 0 Å².